The van der Waals surface area contributed by atoms with Gasteiger partial charge in [-0.05, 0) is 36.9 Å². The van der Waals surface area contributed by atoms with Crippen molar-refractivity contribution in [2.75, 3.05) is 13.2 Å². The van der Waals surface area contributed by atoms with Crippen LogP contribution in [0.1, 0.15) is 24.1 Å². The van der Waals surface area contributed by atoms with Crippen LogP contribution < -0.4 is 10.1 Å². The van der Waals surface area contributed by atoms with E-state index in [-0.39, 0.29) is 0 Å². The summed E-state index contributed by atoms with van der Waals surface area (Å²) in [7, 11) is 0. The van der Waals surface area contributed by atoms with Crippen molar-refractivity contribution in [3.05, 3.63) is 34.8 Å². The van der Waals surface area contributed by atoms with Gasteiger partial charge in [-0.25, -0.2) is 0 Å². The van der Waals surface area contributed by atoms with Gasteiger partial charge < -0.3 is 10.1 Å². The molecule has 0 amide bonds. The number of piperidine rings is 1. The second-order valence-electron chi connectivity index (χ2n) is 5.14. The van der Waals surface area contributed by atoms with Crippen LogP contribution in [-0.2, 0) is 0 Å². The zero-order chi connectivity index (χ0) is 14.5. The normalized spacial score (nSPS) is 18.1. The molecule has 3 heterocycles. The first-order valence-electron chi connectivity index (χ1n) is 7.16. The van der Waals surface area contributed by atoms with Crippen molar-refractivity contribution >= 4 is 11.3 Å². The van der Waals surface area contributed by atoms with Crippen molar-refractivity contribution in [2.24, 2.45) is 0 Å². The maximum Gasteiger partial charge on any atom is 0.138 e. The van der Waals surface area contributed by atoms with Crippen molar-refractivity contribution in [2.45, 2.75) is 25.3 Å². The monoisotopic (exact) mass is 299 g/mol. The van der Waals surface area contributed by atoms with E-state index in [4.69, 9.17) is 10.00 Å². The van der Waals surface area contributed by atoms with Crippen LogP contribution in [0.3, 0.4) is 0 Å². The molecule has 1 aliphatic heterocycles. The molecule has 2 aromatic rings. The van der Waals surface area contributed by atoms with Crippen LogP contribution in [0.5, 0.6) is 5.75 Å². The second kappa shape index (κ2) is 6.70. The number of aromatic nitrogens is 1. The largest absolute Gasteiger partial charge is 0.490 e. The molecule has 5 heteroatoms. The molecule has 2 aromatic heterocycles. The van der Waals surface area contributed by atoms with E-state index in [0.717, 1.165) is 29.8 Å². The number of hydrogen-bond donors (Lipinski definition) is 1. The fourth-order valence-electron chi connectivity index (χ4n) is 2.53. The molecule has 0 saturated carbocycles. The van der Waals surface area contributed by atoms with E-state index in [9.17, 15) is 0 Å². The average molecular weight is 299 g/mol. The van der Waals surface area contributed by atoms with Crippen LogP contribution in [0, 0.1) is 11.3 Å². The van der Waals surface area contributed by atoms with E-state index in [1.165, 1.54) is 24.2 Å². The molecule has 0 bridgehead atoms. The third kappa shape index (κ3) is 3.41. The summed E-state index contributed by atoms with van der Waals surface area (Å²) in [5.41, 5.74) is 1.86. The lowest BCUT2D eigenvalue weighted by Crippen LogP contribution is -2.38. The van der Waals surface area contributed by atoms with Gasteiger partial charge in [0.15, 0.2) is 0 Å². The molecule has 0 spiro atoms. The van der Waals surface area contributed by atoms with Gasteiger partial charge >= 0.3 is 0 Å². The average Bonchev–Trinajstić information content (AvgIpc) is 3.03. The van der Waals surface area contributed by atoms with Crippen LogP contribution in [0.15, 0.2) is 29.9 Å². The number of nitrogens with zero attached hydrogens (tertiary/aromatic N) is 2. The molecule has 108 valence electrons. The summed E-state index contributed by atoms with van der Waals surface area (Å²) in [4.78, 5) is 4.94. The fourth-order valence-corrected chi connectivity index (χ4v) is 3.24. The summed E-state index contributed by atoms with van der Waals surface area (Å²) in [6.45, 7) is 1.74. The van der Waals surface area contributed by atoms with Gasteiger partial charge in [-0.15, -0.1) is 11.3 Å². The zero-order valence-corrected chi connectivity index (χ0v) is 12.5. The van der Waals surface area contributed by atoms with Crippen molar-refractivity contribution < 1.29 is 4.74 Å². The Kier molecular flexibility index (Phi) is 4.49. The summed E-state index contributed by atoms with van der Waals surface area (Å²) < 4.78 is 5.85. The Bertz CT molecular complexity index is 641. The highest BCUT2D eigenvalue weighted by molar-refractivity contribution is 7.11. The number of hydrogen-bond acceptors (Lipinski definition) is 5. The van der Waals surface area contributed by atoms with Gasteiger partial charge in [0.1, 0.15) is 23.3 Å². The number of pyridine rings is 1. The Labute approximate surface area is 128 Å². The van der Waals surface area contributed by atoms with Crippen molar-refractivity contribution in [1.29, 1.82) is 5.26 Å². The minimum atomic E-state index is 0.429. The predicted octanol–water partition coefficient (Wildman–Crippen LogP) is 3.20. The third-order valence-corrected chi connectivity index (χ3v) is 4.47. The maximum absolute atomic E-state index is 9.11. The first-order chi connectivity index (χ1) is 10.4. The number of nitriles is 1. The molecule has 1 atom stereocenters. The van der Waals surface area contributed by atoms with E-state index in [1.54, 1.807) is 12.4 Å². The molecule has 1 saturated heterocycles. The molecule has 0 aromatic carbocycles. The molecule has 1 N–H and O–H groups in total. The highest BCUT2D eigenvalue weighted by Crippen LogP contribution is 2.29. The van der Waals surface area contributed by atoms with Crippen LogP contribution >= 0.6 is 11.3 Å². The molecule has 0 aliphatic carbocycles. The first-order valence-corrected chi connectivity index (χ1v) is 8.04. The summed E-state index contributed by atoms with van der Waals surface area (Å²) in [5.74, 6) is 0.759. The third-order valence-electron chi connectivity index (χ3n) is 3.65. The van der Waals surface area contributed by atoms with Gasteiger partial charge in [-0.3, -0.25) is 4.98 Å². The molecule has 4 nitrogen and oxygen atoms in total. The Balaban J connectivity index is 1.70. The Morgan fingerprint density at radius 3 is 3.19 bits per heavy atom. The molecule has 1 fully saturated rings. The van der Waals surface area contributed by atoms with Crippen LogP contribution in [-0.4, -0.2) is 24.2 Å². The van der Waals surface area contributed by atoms with E-state index in [1.807, 2.05) is 17.5 Å². The lowest BCUT2D eigenvalue weighted by Gasteiger charge is -2.23. The van der Waals surface area contributed by atoms with Gasteiger partial charge in [0.25, 0.3) is 0 Å². The summed E-state index contributed by atoms with van der Waals surface area (Å²) >= 11 is 1.45. The van der Waals surface area contributed by atoms with Crippen molar-refractivity contribution in [1.82, 2.24) is 10.3 Å². The molecular formula is C16H17N3OS. The number of thiophene rings is 1. The fraction of sp³-hybridized carbons (Fsp3) is 0.375. The predicted molar refractivity (Wildman–Crippen MR) is 83.4 cm³/mol. The van der Waals surface area contributed by atoms with Crippen LogP contribution in [0.4, 0.5) is 0 Å². The molecule has 1 unspecified atom stereocenters. The molecular weight excluding hydrogens is 282 g/mol. The van der Waals surface area contributed by atoms with E-state index in [0.29, 0.717) is 17.5 Å². The lowest BCUT2D eigenvalue weighted by molar-refractivity contribution is 0.238. The summed E-state index contributed by atoms with van der Waals surface area (Å²) in [6.07, 6.45) is 7.18. The van der Waals surface area contributed by atoms with Crippen LogP contribution in [0.2, 0.25) is 0 Å². The molecule has 3 rings (SSSR count). The highest BCUT2D eigenvalue weighted by Gasteiger charge is 2.13. The van der Waals surface area contributed by atoms with E-state index >= 15 is 0 Å². The summed E-state index contributed by atoms with van der Waals surface area (Å²) in [6, 6.07) is 6.55. The van der Waals surface area contributed by atoms with Gasteiger partial charge in [-0.2, -0.15) is 5.26 Å². The quantitative estimate of drug-likeness (QED) is 0.942. The maximum atomic E-state index is 9.11. The topological polar surface area (TPSA) is 57.9 Å². The first kappa shape index (κ1) is 14.1. The van der Waals surface area contributed by atoms with Gasteiger partial charge in [0.05, 0.1) is 6.20 Å². The Hall–Kier alpha value is -1.90. The zero-order valence-electron chi connectivity index (χ0n) is 11.7. The molecule has 1 aliphatic rings. The van der Waals surface area contributed by atoms with Crippen LogP contribution in [0.25, 0.3) is 11.1 Å². The van der Waals surface area contributed by atoms with Gasteiger partial charge in [0.2, 0.25) is 0 Å². The molecule has 0 radical (unpaired) electrons. The minimum Gasteiger partial charge on any atom is -0.490 e. The summed E-state index contributed by atoms with van der Waals surface area (Å²) in [5, 5.41) is 14.5. The number of nitrogens with one attached hydrogen (secondary N) is 1. The SMILES string of the molecule is N#Cc1sccc1-c1cncc(OCC2CCCCN2)c1. The number of rotatable bonds is 4. The van der Waals surface area contributed by atoms with E-state index < -0.39 is 0 Å². The highest BCUT2D eigenvalue weighted by atomic mass is 32.1. The van der Waals surface area contributed by atoms with Gasteiger partial charge in [-0.1, -0.05) is 6.42 Å². The van der Waals surface area contributed by atoms with Crippen molar-refractivity contribution in [3.63, 3.8) is 0 Å². The van der Waals surface area contributed by atoms with Gasteiger partial charge in [0, 0.05) is 23.4 Å². The molecule has 21 heavy (non-hydrogen) atoms. The minimum absolute atomic E-state index is 0.429. The van der Waals surface area contributed by atoms with Crippen molar-refractivity contribution in [3.8, 4) is 22.9 Å². The standard InChI is InChI=1S/C16H17N3OS/c17-8-16-15(4-6-21-16)12-7-14(10-18-9-12)20-11-13-3-1-2-5-19-13/h4,6-7,9-10,13,19H,1-3,5,11H2. The number of ether oxygens (including phenoxy) is 1. The Morgan fingerprint density at radius 1 is 1.43 bits per heavy atom. The second-order valence-corrected chi connectivity index (χ2v) is 6.06. The lowest BCUT2D eigenvalue weighted by atomic mass is 10.1. The smallest absolute Gasteiger partial charge is 0.138 e. The van der Waals surface area contributed by atoms with E-state index in [2.05, 4.69) is 16.4 Å². The Morgan fingerprint density at radius 2 is 2.38 bits per heavy atom.